The Kier molecular flexibility index (Phi) is 8.49. The smallest absolute Gasteiger partial charge is 0.405 e. The Hall–Kier alpha value is -4.38. The lowest BCUT2D eigenvalue weighted by molar-refractivity contribution is -0.274. The van der Waals surface area contributed by atoms with Gasteiger partial charge in [0, 0.05) is 68.1 Å². The maximum atomic E-state index is 13.1. The van der Waals surface area contributed by atoms with E-state index in [1.807, 2.05) is 29.2 Å². The molecule has 8 nitrogen and oxygen atoms in total. The molecule has 3 aromatic carbocycles. The normalized spacial score (nSPS) is 15.7. The van der Waals surface area contributed by atoms with E-state index in [1.54, 1.807) is 6.92 Å². The highest BCUT2D eigenvalue weighted by molar-refractivity contribution is 6.04. The van der Waals surface area contributed by atoms with Gasteiger partial charge in [0.2, 0.25) is 11.8 Å². The fraction of sp³-hybridized carbons (Fsp3) is 0.323. The predicted molar refractivity (Wildman–Crippen MR) is 152 cm³/mol. The molecule has 2 aliphatic rings. The van der Waals surface area contributed by atoms with Crippen molar-refractivity contribution in [1.82, 2.24) is 9.80 Å². The Bertz CT molecular complexity index is 1450. The van der Waals surface area contributed by atoms with E-state index < -0.39 is 12.1 Å². The van der Waals surface area contributed by atoms with E-state index in [9.17, 15) is 27.6 Å². The van der Waals surface area contributed by atoms with Crippen LogP contribution in [0.15, 0.2) is 66.7 Å². The minimum atomic E-state index is -4.90. The van der Waals surface area contributed by atoms with Gasteiger partial charge < -0.3 is 20.3 Å². The molecule has 1 heterocycles. The quantitative estimate of drug-likeness (QED) is 0.367. The van der Waals surface area contributed by atoms with Crippen molar-refractivity contribution >= 4 is 29.1 Å². The summed E-state index contributed by atoms with van der Waals surface area (Å²) in [5.74, 6) is -0.925. The van der Waals surface area contributed by atoms with Crippen molar-refractivity contribution in [3.8, 4) is 16.9 Å². The number of anilines is 2. The summed E-state index contributed by atoms with van der Waals surface area (Å²) in [7, 11) is 0. The summed E-state index contributed by atoms with van der Waals surface area (Å²) >= 11 is 0. The average molecular weight is 581 g/mol. The summed E-state index contributed by atoms with van der Waals surface area (Å²) in [6, 6.07) is 17.6. The molecule has 0 aromatic heterocycles. The second-order valence-corrected chi connectivity index (χ2v) is 10.5. The van der Waals surface area contributed by atoms with Crippen LogP contribution in [0, 0.1) is 5.92 Å². The van der Waals surface area contributed by atoms with E-state index >= 15 is 0 Å². The van der Waals surface area contributed by atoms with Gasteiger partial charge >= 0.3 is 6.36 Å². The maximum Gasteiger partial charge on any atom is 0.573 e. The molecule has 1 aliphatic carbocycles. The maximum absolute atomic E-state index is 13.1. The van der Waals surface area contributed by atoms with Crippen LogP contribution in [0.25, 0.3) is 11.1 Å². The number of rotatable bonds is 8. The van der Waals surface area contributed by atoms with E-state index in [-0.39, 0.29) is 29.2 Å². The molecular weight excluding hydrogens is 549 g/mol. The molecule has 11 heteroatoms. The number of hydrogen-bond donors (Lipinski definition) is 2. The van der Waals surface area contributed by atoms with Gasteiger partial charge in [-0.25, -0.2) is 0 Å². The van der Waals surface area contributed by atoms with Gasteiger partial charge in [0.1, 0.15) is 5.75 Å². The van der Waals surface area contributed by atoms with Gasteiger partial charge in [-0.15, -0.1) is 13.2 Å². The van der Waals surface area contributed by atoms with Gasteiger partial charge in [0.05, 0.1) is 0 Å². The van der Waals surface area contributed by atoms with Crippen LogP contribution in [-0.2, 0) is 16.1 Å². The summed E-state index contributed by atoms with van der Waals surface area (Å²) in [5, 5.41) is 5.58. The first-order valence-electron chi connectivity index (χ1n) is 13.7. The van der Waals surface area contributed by atoms with Gasteiger partial charge in [-0.2, -0.15) is 0 Å². The number of nitrogens with zero attached hydrogens (tertiary/aromatic N) is 2. The number of piperazine rings is 1. The van der Waals surface area contributed by atoms with Crippen LogP contribution >= 0.6 is 0 Å². The average Bonchev–Trinajstić information content (AvgIpc) is 3.81. The number of halogens is 3. The van der Waals surface area contributed by atoms with Gasteiger partial charge in [0.25, 0.3) is 5.91 Å². The van der Waals surface area contributed by atoms with Crippen LogP contribution < -0.4 is 15.4 Å². The SMILES string of the molecule is CC(=O)N1CCN(Cc2ccc(NC(=O)c3ccc(-c4cc(NC(=O)C5CC5)ccc4OC(F)(F)F)cc3)cc2)CC1. The Labute approximate surface area is 241 Å². The van der Waals surface area contributed by atoms with E-state index in [0.717, 1.165) is 38.0 Å². The first-order valence-corrected chi connectivity index (χ1v) is 13.7. The van der Waals surface area contributed by atoms with E-state index in [4.69, 9.17) is 0 Å². The van der Waals surface area contributed by atoms with Crippen molar-refractivity contribution in [3.63, 3.8) is 0 Å². The summed E-state index contributed by atoms with van der Waals surface area (Å²) in [5.41, 5.74) is 2.89. The Morgan fingerprint density at radius 2 is 1.50 bits per heavy atom. The molecule has 0 bridgehead atoms. The highest BCUT2D eigenvalue weighted by Gasteiger charge is 2.33. The Morgan fingerprint density at radius 1 is 0.857 bits per heavy atom. The molecule has 1 saturated heterocycles. The fourth-order valence-corrected chi connectivity index (χ4v) is 4.81. The largest absolute Gasteiger partial charge is 0.573 e. The number of hydrogen-bond acceptors (Lipinski definition) is 5. The topological polar surface area (TPSA) is 91.0 Å². The zero-order chi connectivity index (χ0) is 29.9. The predicted octanol–water partition coefficient (Wildman–Crippen LogP) is 5.52. The number of carbonyl (C=O) groups excluding carboxylic acids is 3. The van der Waals surface area contributed by atoms with Crippen LogP contribution in [0.3, 0.4) is 0 Å². The van der Waals surface area contributed by atoms with Crippen molar-refractivity contribution in [2.24, 2.45) is 5.92 Å². The van der Waals surface area contributed by atoms with Gasteiger partial charge in [-0.3, -0.25) is 19.3 Å². The lowest BCUT2D eigenvalue weighted by atomic mass is 10.0. The number of benzene rings is 3. The second-order valence-electron chi connectivity index (χ2n) is 10.5. The molecule has 42 heavy (non-hydrogen) atoms. The molecular formula is C31H31F3N4O4. The van der Waals surface area contributed by atoms with Crippen LogP contribution in [0.1, 0.15) is 35.7 Å². The molecule has 0 atom stereocenters. The minimum Gasteiger partial charge on any atom is -0.405 e. The van der Waals surface area contributed by atoms with Gasteiger partial charge in [-0.1, -0.05) is 24.3 Å². The van der Waals surface area contributed by atoms with Crippen molar-refractivity contribution in [2.45, 2.75) is 32.7 Å². The van der Waals surface area contributed by atoms with Crippen molar-refractivity contribution in [1.29, 1.82) is 0 Å². The molecule has 2 fully saturated rings. The van der Waals surface area contributed by atoms with Gasteiger partial charge in [0.15, 0.2) is 0 Å². The molecule has 3 aromatic rings. The van der Waals surface area contributed by atoms with Crippen molar-refractivity contribution in [2.75, 3.05) is 36.8 Å². The van der Waals surface area contributed by atoms with Crippen LogP contribution in [0.5, 0.6) is 5.75 Å². The number of nitrogens with one attached hydrogen (secondary N) is 2. The Balaban J connectivity index is 1.23. The highest BCUT2D eigenvalue weighted by Crippen LogP contribution is 2.37. The third-order valence-electron chi connectivity index (χ3n) is 7.31. The fourth-order valence-electron chi connectivity index (χ4n) is 4.81. The van der Waals surface area contributed by atoms with E-state index in [2.05, 4.69) is 20.3 Å². The first-order chi connectivity index (χ1) is 20.0. The second kappa shape index (κ2) is 12.2. The molecule has 1 aliphatic heterocycles. The summed E-state index contributed by atoms with van der Waals surface area (Å²) in [6.07, 6.45) is -3.31. The number of carbonyl (C=O) groups is 3. The number of ether oxygens (including phenoxy) is 1. The van der Waals surface area contributed by atoms with Gasteiger partial charge in [-0.05, 0) is 66.4 Å². The minimum absolute atomic E-state index is 0.0664. The third-order valence-corrected chi connectivity index (χ3v) is 7.31. The monoisotopic (exact) mass is 580 g/mol. The van der Waals surface area contributed by atoms with E-state index in [0.29, 0.717) is 35.6 Å². The van der Waals surface area contributed by atoms with Crippen LogP contribution in [0.4, 0.5) is 24.5 Å². The lowest BCUT2D eigenvalue weighted by Gasteiger charge is -2.34. The van der Waals surface area contributed by atoms with Crippen molar-refractivity contribution in [3.05, 3.63) is 77.9 Å². The molecule has 1 saturated carbocycles. The first kappa shape index (κ1) is 29.1. The number of amides is 3. The number of alkyl halides is 3. The molecule has 220 valence electrons. The molecule has 2 N–H and O–H groups in total. The van der Waals surface area contributed by atoms with Crippen LogP contribution in [0.2, 0.25) is 0 Å². The molecule has 0 spiro atoms. The third kappa shape index (κ3) is 7.67. The summed E-state index contributed by atoms with van der Waals surface area (Å²) in [4.78, 5) is 40.7. The molecule has 5 rings (SSSR count). The molecule has 3 amide bonds. The van der Waals surface area contributed by atoms with Crippen molar-refractivity contribution < 1.29 is 32.3 Å². The summed E-state index contributed by atoms with van der Waals surface area (Å²) < 4.78 is 43.4. The zero-order valence-corrected chi connectivity index (χ0v) is 23.0. The lowest BCUT2D eigenvalue weighted by Crippen LogP contribution is -2.47. The van der Waals surface area contributed by atoms with Crippen LogP contribution in [-0.4, -0.2) is 60.1 Å². The molecule has 0 unspecified atom stereocenters. The highest BCUT2D eigenvalue weighted by atomic mass is 19.4. The summed E-state index contributed by atoms with van der Waals surface area (Å²) in [6.45, 7) is 5.35. The Morgan fingerprint density at radius 3 is 2.10 bits per heavy atom. The molecule has 0 radical (unpaired) electrons. The standard InChI is InChI=1S/C31H31F3N4O4/c1-20(39)38-16-14-37(15-17-38)19-21-2-10-25(11-3-21)35-29(40)23-6-4-22(5-7-23)27-18-26(36-30(41)24-8-9-24)12-13-28(27)42-31(32,33)34/h2-7,10-13,18,24H,8-9,14-17,19H2,1H3,(H,35,40)(H,36,41). The van der Waals surface area contributed by atoms with E-state index in [1.165, 1.54) is 42.5 Å². The zero-order valence-electron chi connectivity index (χ0n) is 23.0.